The Hall–Kier alpha value is -1.26. The third-order valence-electron chi connectivity index (χ3n) is 4.83. The summed E-state index contributed by atoms with van der Waals surface area (Å²) in [7, 11) is 1.79. The van der Waals surface area contributed by atoms with Gasteiger partial charge in [0.05, 0.1) is 0 Å². The number of aliphatic carboxylic acids is 1. The van der Waals surface area contributed by atoms with E-state index in [0.717, 1.165) is 19.4 Å². The van der Waals surface area contributed by atoms with Gasteiger partial charge in [-0.15, -0.1) is 0 Å². The minimum Gasteiger partial charge on any atom is -0.480 e. The number of piperidine rings is 1. The van der Waals surface area contributed by atoms with E-state index in [1.807, 2.05) is 13.8 Å². The summed E-state index contributed by atoms with van der Waals surface area (Å²) < 4.78 is 0. The molecule has 0 aromatic rings. The zero-order chi connectivity index (χ0) is 14.9. The second-order valence-corrected chi connectivity index (χ2v) is 6.99. The molecule has 2 fully saturated rings. The number of carboxylic acids is 1. The van der Waals surface area contributed by atoms with Gasteiger partial charge < -0.3 is 14.9 Å². The monoisotopic (exact) mass is 282 g/mol. The van der Waals surface area contributed by atoms with Crippen LogP contribution in [0.5, 0.6) is 0 Å². The Morgan fingerprint density at radius 2 is 1.95 bits per heavy atom. The number of amides is 2. The molecule has 1 aliphatic heterocycles. The van der Waals surface area contributed by atoms with Gasteiger partial charge in [-0.1, -0.05) is 20.3 Å². The summed E-state index contributed by atoms with van der Waals surface area (Å²) in [5, 5.41) is 9.50. The van der Waals surface area contributed by atoms with Crippen LogP contribution in [0.4, 0.5) is 4.79 Å². The number of carbonyl (C=O) groups excluding carboxylic acids is 1. The fraction of sp³-hybridized carbons (Fsp3) is 0.867. The van der Waals surface area contributed by atoms with Crippen LogP contribution in [0, 0.1) is 11.3 Å². The molecule has 1 saturated carbocycles. The van der Waals surface area contributed by atoms with Crippen molar-refractivity contribution >= 4 is 12.0 Å². The van der Waals surface area contributed by atoms with Crippen LogP contribution < -0.4 is 0 Å². The lowest BCUT2D eigenvalue weighted by Gasteiger charge is -2.45. The van der Waals surface area contributed by atoms with Crippen molar-refractivity contribution in [1.29, 1.82) is 0 Å². The van der Waals surface area contributed by atoms with Gasteiger partial charge in [0.15, 0.2) is 0 Å². The van der Waals surface area contributed by atoms with E-state index in [-0.39, 0.29) is 11.4 Å². The van der Waals surface area contributed by atoms with Gasteiger partial charge >= 0.3 is 12.0 Å². The van der Waals surface area contributed by atoms with Gasteiger partial charge in [0, 0.05) is 20.1 Å². The first-order valence-electron chi connectivity index (χ1n) is 7.57. The molecule has 1 N–H and O–H groups in total. The first-order chi connectivity index (χ1) is 9.33. The van der Waals surface area contributed by atoms with E-state index < -0.39 is 12.0 Å². The van der Waals surface area contributed by atoms with Crippen molar-refractivity contribution in [2.75, 3.05) is 20.1 Å². The van der Waals surface area contributed by atoms with E-state index in [1.54, 1.807) is 16.8 Å². The Morgan fingerprint density at radius 1 is 1.30 bits per heavy atom. The third kappa shape index (κ3) is 2.91. The Bertz CT molecular complexity index is 391. The smallest absolute Gasteiger partial charge is 0.327 e. The largest absolute Gasteiger partial charge is 0.480 e. The Balaban J connectivity index is 2.07. The van der Waals surface area contributed by atoms with E-state index >= 15 is 0 Å². The average molecular weight is 282 g/mol. The summed E-state index contributed by atoms with van der Waals surface area (Å²) in [6.45, 7) is 5.19. The molecule has 1 heterocycles. The summed E-state index contributed by atoms with van der Waals surface area (Å²) in [5.74, 6) is -0.287. The van der Waals surface area contributed by atoms with Gasteiger partial charge in [0.2, 0.25) is 0 Å². The zero-order valence-corrected chi connectivity index (χ0v) is 12.8. The number of carbonyl (C=O) groups is 2. The highest BCUT2D eigenvalue weighted by molar-refractivity contribution is 5.83. The summed E-state index contributed by atoms with van der Waals surface area (Å²) in [5.41, 5.74) is -0.364. The first-order valence-corrected chi connectivity index (χ1v) is 7.57. The molecule has 114 valence electrons. The molecule has 5 nitrogen and oxygen atoms in total. The van der Waals surface area contributed by atoms with Crippen molar-refractivity contribution in [3.8, 4) is 0 Å². The number of likely N-dealkylation sites (tertiary alicyclic amines) is 1. The molecular weight excluding hydrogens is 256 g/mol. The van der Waals surface area contributed by atoms with Crippen molar-refractivity contribution in [1.82, 2.24) is 9.80 Å². The molecule has 0 radical (unpaired) electrons. The lowest BCUT2D eigenvalue weighted by molar-refractivity contribution is -0.148. The van der Waals surface area contributed by atoms with Crippen LogP contribution in [-0.2, 0) is 4.79 Å². The quantitative estimate of drug-likeness (QED) is 0.864. The van der Waals surface area contributed by atoms with E-state index in [9.17, 15) is 14.7 Å². The van der Waals surface area contributed by atoms with Gasteiger partial charge in [-0.05, 0) is 37.0 Å². The van der Waals surface area contributed by atoms with Crippen molar-refractivity contribution in [2.24, 2.45) is 11.3 Å². The molecule has 0 aromatic carbocycles. The van der Waals surface area contributed by atoms with Gasteiger partial charge in [0.25, 0.3) is 0 Å². The summed E-state index contributed by atoms with van der Waals surface area (Å²) in [6.07, 6.45) is 5.35. The summed E-state index contributed by atoms with van der Waals surface area (Å²) in [4.78, 5) is 27.4. The van der Waals surface area contributed by atoms with Gasteiger partial charge in [-0.2, -0.15) is 0 Å². The maximum atomic E-state index is 12.6. The second kappa shape index (κ2) is 5.62. The molecule has 0 aromatic heterocycles. The minimum absolute atomic E-state index is 0.128. The zero-order valence-electron chi connectivity index (χ0n) is 12.8. The molecule has 0 bridgehead atoms. The fourth-order valence-electron chi connectivity index (χ4n) is 3.43. The fourth-order valence-corrected chi connectivity index (χ4v) is 3.43. The van der Waals surface area contributed by atoms with E-state index in [4.69, 9.17) is 0 Å². The Kier molecular flexibility index (Phi) is 4.25. The highest BCUT2D eigenvalue weighted by Gasteiger charge is 2.45. The lowest BCUT2D eigenvalue weighted by atomic mass is 9.76. The molecule has 1 atom stereocenters. The number of hydrogen-bond acceptors (Lipinski definition) is 2. The van der Waals surface area contributed by atoms with Crippen LogP contribution in [0.2, 0.25) is 0 Å². The van der Waals surface area contributed by atoms with Crippen LogP contribution in [0.1, 0.15) is 46.0 Å². The normalized spacial score (nSPS) is 25.9. The predicted molar refractivity (Wildman–Crippen MR) is 76.5 cm³/mol. The Morgan fingerprint density at radius 3 is 2.45 bits per heavy atom. The molecular formula is C15H26N2O3. The highest BCUT2D eigenvalue weighted by Crippen LogP contribution is 2.36. The lowest BCUT2D eigenvalue weighted by Crippen LogP contribution is -2.59. The van der Waals surface area contributed by atoms with Crippen molar-refractivity contribution < 1.29 is 14.7 Å². The van der Waals surface area contributed by atoms with Gasteiger partial charge in [-0.3, -0.25) is 0 Å². The minimum atomic E-state index is -0.889. The molecule has 2 amide bonds. The molecule has 1 saturated heterocycles. The average Bonchev–Trinajstić information content (AvgIpc) is 2.30. The number of hydrogen-bond donors (Lipinski definition) is 1. The first kappa shape index (κ1) is 15.1. The topological polar surface area (TPSA) is 60.9 Å². The van der Waals surface area contributed by atoms with Crippen LogP contribution >= 0.6 is 0 Å². The number of carboxylic acid groups (broad SMARTS) is 1. The van der Waals surface area contributed by atoms with Crippen molar-refractivity contribution in [2.45, 2.75) is 52.0 Å². The van der Waals surface area contributed by atoms with Crippen LogP contribution in [0.25, 0.3) is 0 Å². The maximum Gasteiger partial charge on any atom is 0.327 e. The molecule has 2 aliphatic rings. The SMILES string of the molecule is CN(CC1CCC1)C(=O)N1CCCC(C)(C)C1C(=O)O. The third-order valence-corrected chi connectivity index (χ3v) is 4.83. The molecule has 0 spiro atoms. The molecule has 5 heteroatoms. The van der Waals surface area contributed by atoms with E-state index in [2.05, 4.69) is 0 Å². The number of rotatable bonds is 3. The Labute approximate surface area is 120 Å². The van der Waals surface area contributed by atoms with Crippen molar-refractivity contribution in [3.63, 3.8) is 0 Å². The summed E-state index contributed by atoms with van der Waals surface area (Å²) in [6, 6.07) is -0.843. The molecule has 1 unspecified atom stereocenters. The molecule has 1 aliphatic carbocycles. The highest BCUT2D eigenvalue weighted by atomic mass is 16.4. The van der Waals surface area contributed by atoms with Crippen LogP contribution in [0.15, 0.2) is 0 Å². The maximum absolute atomic E-state index is 12.6. The van der Waals surface area contributed by atoms with Gasteiger partial charge in [0.1, 0.15) is 6.04 Å². The van der Waals surface area contributed by atoms with E-state index in [1.165, 1.54) is 19.3 Å². The number of nitrogens with zero attached hydrogens (tertiary/aromatic N) is 2. The summed E-state index contributed by atoms with van der Waals surface area (Å²) >= 11 is 0. The van der Waals surface area contributed by atoms with Gasteiger partial charge in [-0.25, -0.2) is 9.59 Å². The molecule has 2 rings (SSSR count). The number of urea groups is 1. The van der Waals surface area contributed by atoms with Crippen LogP contribution in [0.3, 0.4) is 0 Å². The van der Waals surface area contributed by atoms with Crippen LogP contribution in [-0.4, -0.2) is 53.1 Å². The molecule has 20 heavy (non-hydrogen) atoms. The second-order valence-electron chi connectivity index (χ2n) is 6.99. The van der Waals surface area contributed by atoms with E-state index in [0.29, 0.717) is 12.5 Å². The standard InChI is InChI=1S/C15H26N2O3/c1-15(2)8-5-9-17(12(15)13(18)19)14(20)16(3)10-11-6-4-7-11/h11-12H,4-10H2,1-3H3,(H,18,19). The predicted octanol–water partition coefficient (Wildman–Crippen LogP) is 2.41. The van der Waals surface area contributed by atoms with Crippen molar-refractivity contribution in [3.05, 3.63) is 0 Å².